The highest BCUT2D eigenvalue weighted by Crippen LogP contribution is 2.39. The first-order valence-electron chi connectivity index (χ1n) is 12.6. The lowest BCUT2D eigenvalue weighted by molar-refractivity contribution is 0.147. The third-order valence-corrected chi connectivity index (χ3v) is 6.80. The molecule has 0 bridgehead atoms. The Morgan fingerprint density at radius 2 is 1.18 bits per heavy atom. The van der Waals surface area contributed by atoms with E-state index in [2.05, 4.69) is 6.92 Å². The van der Waals surface area contributed by atoms with Crippen molar-refractivity contribution >= 4 is 0 Å². The summed E-state index contributed by atoms with van der Waals surface area (Å²) in [6.45, 7) is 3.67. The summed E-state index contributed by atoms with van der Waals surface area (Å²) in [4.78, 5) is 0. The fraction of sp³-hybridized carbons (Fsp3) is 0.250. The van der Waals surface area contributed by atoms with Gasteiger partial charge in [0, 0.05) is 11.1 Å². The van der Waals surface area contributed by atoms with Crippen LogP contribution in [0.3, 0.4) is 0 Å². The molecule has 1 N–H and O–H groups in total. The third-order valence-electron chi connectivity index (χ3n) is 6.80. The molecule has 0 heterocycles. The minimum atomic E-state index is -3.18. The Bertz CT molecular complexity index is 1390. The van der Waals surface area contributed by atoms with Crippen LogP contribution in [0.15, 0.2) is 72.8 Å². The highest BCUT2D eigenvalue weighted by Gasteiger charge is 2.25. The van der Waals surface area contributed by atoms with E-state index in [1.807, 2.05) is 24.3 Å². The third kappa shape index (κ3) is 5.81. The van der Waals surface area contributed by atoms with Crippen molar-refractivity contribution in [2.24, 2.45) is 0 Å². The predicted octanol–water partition coefficient (Wildman–Crippen LogP) is 9.17. The molecule has 1 unspecified atom stereocenters. The molecule has 198 valence electrons. The molecule has 1 nitrogen and oxygen atoms in total. The van der Waals surface area contributed by atoms with Gasteiger partial charge < -0.3 is 5.11 Å². The number of rotatable bonds is 9. The highest BCUT2D eigenvalue weighted by molar-refractivity contribution is 5.75. The van der Waals surface area contributed by atoms with Crippen LogP contribution >= 0.6 is 0 Å². The van der Waals surface area contributed by atoms with Gasteiger partial charge in [0.25, 0.3) is 6.43 Å². The lowest BCUT2D eigenvalue weighted by atomic mass is 9.92. The summed E-state index contributed by atoms with van der Waals surface area (Å²) in [5.74, 6) is -3.68. The number of hydrogen-bond acceptors (Lipinski definition) is 1. The summed E-state index contributed by atoms with van der Waals surface area (Å²) in [6, 6.07) is 19.2. The highest BCUT2D eigenvalue weighted by atomic mass is 19.3. The first kappa shape index (κ1) is 27.5. The SMILES string of the molecule is CCCc1ccc(CCc2ccc(-c3ccc(-c4ccc(C(C)O)cc4)c(C(F)F)c3F)c(F)c2F)cc1. The standard InChI is InChI=1S/C32H29F5O/c1-3-4-20-5-7-21(8-6-20)9-10-24-15-16-27(31(35)29(24)33)26-18-17-25(28(30(26)34)32(36)37)23-13-11-22(12-14-23)19(2)38/h5-8,11-19,32,38H,3-4,9-10H2,1-2H3. The van der Waals surface area contributed by atoms with Gasteiger partial charge in [-0.25, -0.2) is 22.0 Å². The number of aliphatic hydroxyl groups excluding tert-OH is 1. The zero-order chi connectivity index (χ0) is 27.4. The molecule has 4 aromatic carbocycles. The van der Waals surface area contributed by atoms with Gasteiger partial charge in [-0.15, -0.1) is 0 Å². The van der Waals surface area contributed by atoms with Crippen LogP contribution in [0.1, 0.15) is 60.6 Å². The van der Waals surface area contributed by atoms with Gasteiger partial charge in [-0.1, -0.05) is 86.1 Å². The summed E-state index contributed by atoms with van der Waals surface area (Å²) < 4.78 is 73.5. The Morgan fingerprint density at radius 1 is 0.632 bits per heavy atom. The zero-order valence-electron chi connectivity index (χ0n) is 21.2. The van der Waals surface area contributed by atoms with Gasteiger partial charge in [0.05, 0.1) is 11.7 Å². The Hall–Kier alpha value is -3.51. The van der Waals surface area contributed by atoms with E-state index in [1.54, 1.807) is 19.1 Å². The van der Waals surface area contributed by atoms with Crippen LogP contribution in [0.4, 0.5) is 22.0 Å². The number of hydrogen-bond donors (Lipinski definition) is 1. The Balaban J connectivity index is 1.63. The van der Waals surface area contributed by atoms with Gasteiger partial charge in [-0.3, -0.25) is 0 Å². The van der Waals surface area contributed by atoms with Crippen molar-refractivity contribution in [1.82, 2.24) is 0 Å². The van der Waals surface area contributed by atoms with Crippen molar-refractivity contribution < 1.29 is 27.1 Å². The maximum Gasteiger partial charge on any atom is 0.267 e. The molecule has 0 spiro atoms. The Morgan fingerprint density at radius 3 is 1.76 bits per heavy atom. The van der Waals surface area contributed by atoms with Crippen LogP contribution in [0.25, 0.3) is 22.3 Å². The first-order chi connectivity index (χ1) is 18.2. The van der Waals surface area contributed by atoms with E-state index in [9.17, 15) is 18.3 Å². The average molecular weight is 525 g/mol. The summed E-state index contributed by atoms with van der Waals surface area (Å²) >= 11 is 0. The molecule has 0 fully saturated rings. The van der Waals surface area contributed by atoms with Crippen LogP contribution in [-0.4, -0.2) is 5.11 Å². The smallest absolute Gasteiger partial charge is 0.267 e. The number of benzene rings is 4. The molecule has 0 aliphatic rings. The molecule has 0 aliphatic carbocycles. The summed E-state index contributed by atoms with van der Waals surface area (Å²) in [5.41, 5.74) is 1.45. The van der Waals surface area contributed by atoms with E-state index in [4.69, 9.17) is 0 Å². The van der Waals surface area contributed by atoms with Crippen molar-refractivity contribution in [2.75, 3.05) is 0 Å². The second-order valence-corrected chi connectivity index (χ2v) is 9.45. The number of aryl methyl sites for hydroxylation is 3. The summed E-state index contributed by atoms with van der Waals surface area (Å²) in [6.07, 6.45) is -1.18. The van der Waals surface area contributed by atoms with Crippen LogP contribution < -0.4 is 0 Å². The van der Waals surface area contributed by atoms with Crippen LogP contribution in [0, 0.1) is 17.5 Å². The second kappa shape index (κ2) is 11.9. The molecule has 0 amide bonds. The summed E-state index contributed by atoms with van der Waals surface area (Å²) in [7, 11) is 0. The molecule has 0 saturated carbocycles. The zero-order valence-corrected chi connectivity index (χ0v) is 21.2. The quantitative estimate of drug-likeness (QED) is 0.217. The van der Waals surface area contributed by atoms with E-state index in [0.29, 0.717) is 17.5 Å². The van der Waals surface area contributed by atoms with Crippen molar-refractivity contribution in [2.45, 2.75) is 52.1 Å². The van der Waals surface area contributed by atoms with Gasteiger partial charge in [0.15, 0.2) is 11.6 Å². The van der Waals surface area contributed by atoms with Crippen molar-refractivity contribution in [1.29, 1.82) is 0 Å². The van der Waals surface area contributed by atoms with E-state index >= 15 is 8.78 Å². The monoisotopic (exact) mass is 524 g/mol. The first-order valence-corrected chi connectivity index (χ1v) is 12.6. The lowest BCUT2D eigenvalue weighted by Gasteiger charge is -2.16. The van der Waals surface area contributed by atoms with E-state index in [-0.39, 0.29) is 17.5 Å². The fourth-order valence-electron chi connectivity index (χ4n) is 4.64. The van der Waals surface area contributed by atoms with Crippen molar-refractivity contribution in [3.63, 3.8) is 0 Å². The molecule has 0 saturated heterocycles. The fourth-order valence-corrected chi connectivity index (χ4v) is 4.64. The molecule has 0 radical (unpaired) electrons. The second-order valence-electron chi connectivity index (χ2n) is 9.45. The molecule has 0 aromatic heterocycles. The largest absolute Gasteiger partial charge is 0.389 e. The van der Waals surface area contributed by atoms with Crippen molar-refractivity contribution in [3.8, 4) is 22.3 Å². The van der Waals surface area contributed by atoms with Crippen LogP contribution in [0.2, 0.25) is 0 Å². The van der Waals surface area contributed by atoms with E-state index in [0.717, 1.165) is 18.4 Å². The maximum absolute atomic E-state index is 15.4. The van der Waals surface area contributed by atoms with Crippen LogP contribution in [0.5, 0.6) is 0 Å². The number of halogens is 5. The van der Waals surface area contributed by atoms with E-state index in [1.165, 1.54) is 42.0 Å². The molecule has 1 atom stereocenters. The Labute approximate surface area is 219 Å². The van der Waals surface area contributed by atoms with Crippen molar-refractivity contribution in [3.05, 3.63) is 118 Å². The van der Waals surface area contributed by atoms with Gasteiger partial charge in [0.2, 0.25) is 0 Å². The molecule has 0 aliphatic heterocycles. The molecule has 6 heteroatoms. The molecule has 4 aromatic rings. The van der Waals surface area contributed by atoms with Gasteiger partial charge in [-0.05, 0) is 59.6 Å². The average Bonchev–Trinajstić information content (AvgIpc) is 2.90. The molecule has 4 rings (SSSR count). The lowest BCUT2D eigenvalue weighted by Crippen LogP contribution is -2.03. The maximum atomic E-state index is 15.4. The summed E-state index contributed by atoms with van der Waals surface area (Å²) in [5, 5.41) is 9.68. The predicted molar refractivity (Wildman–Crippen MR) is 141 cm³/mol. The number of aliphatic hydroxyl groups is 1. The van der Waals surface area contributed by atoms with E-state index < -0.39 is 46.7 Å². The minimum absolute atomic E-state index is 0.0548. The molecule has 38 heavy (non-hydrogen) atoms. The normalized spacial score (nSPS) is 12.2. The topological polar surface area (TPSA) is 20.2 Å². The molecular weight excluding hydrogens is 495 g/mol. The number of alkyl halides is 2. The molecular formula is C32H29F5O. The van der Waals surface area contributed by atoms with Gasteiger partial charge >= 0.3 is 0 Å². The Kier molecular flexibility index (Phi) is 8.62. The van der Waals surface area contributed by atoms with Crippen LogP contribution in [-0.2, 0) is 19.3 Å². The van der Waals surface area contributed by atoms with Gasteiger partial charge in [-0.2, -0.15) is 0 Å². The minimum Gasteiger partial charge on any atom is -0.389 e. The van der Waals surface area contributed by atoms with Gasteiger partial charge in [0.1, 0.15) is 5.82 Å².